The first-order chi connectivity index (χ1) is 11.2. The van der Waals surface area contributed by atoms with Gasteiger partial charge in [-0.05, 0) is 37.3 Å². The highest BCUT2D eigenvalue weighted by Crippen LogP contribution is 2.17. The number of rotatable bonds is 7. The van der Waals surface area contributed by atoms with E-state index in [9.17, 15) is 9.59 Å². The summed E-state index contributed by atoms with van der Waals surface area (Å²) in [5, 5.41) is 2.98. The summed E-state index contributed by atoms with van der Waals surface area (Å²) in [6, 6.07) is 9.38. The van der Waals surface area contributed by atoms with E-state index in [4.69, 9.17) is 4.74 Å². The topological polar surface area (TPSA) is 58.6 Å². The molecule has 0 bridgehead atoms. The molecule has 1 aromatic carbocycles. The Morgan fingerprint density at radius 1 is 1.22 bits per heavy atom. The molecule has 1 fully saturated rings. The van der Waals surface area contributed by atoms with Crippen molar-refractivity contribution in [2.75, 3.05) is 26.2 Å². The Hall–Kier alpha value is -2.04. The molecule has 5 heteroatoms. The van der Waals surface area contributed by atoms with E-state index in [1.54, 1.807) is 0 Å². The second-order valence-electron chi connectivity index (χ2n) is 5.98. The molecule has 0 atom stereocenters. The summed E-state index contributed by atoms with van der Waals surface area (Å²) in [5.41, 5.74) is 0. The van der Waals surface area contributed by atoms with Crippen molar-refractivity contribution < 1.29 is 14.3 Å². The Morgan fingerprint density at radius 3 is 2.57 bits per heavy atom. The van der Waals surface area contributed by atoms with E-state index in [1.807, 2.05) is 42.2 Å². The van der Waals surface area contributed by atoms with Crippen LogP contribution in [-0.2, 0) is 9.59 Å². The molecule has 5 nitrogen and oxygen atoms in total. The normalized spacial score (nSPS) is 15.3. The van der Waals surface area contributed by atoms with Crippen molar-refractivity contribution >= 4 is 11.8 Å². The minimum atomic E-state index is 0.0299. The second kappa shape index (κ2) is 9.18. The maximum Gasteiger partial charge on any atom is 0.260 e. The zero-order valence-electron chi connectivity index (χ0n) is 13.8. The van der Waals surface area contributed by atoms with Gasteiger partial charge in [-0.1, -0.05) is 25.1 Å². The molecule has 23 heavy (non-hydrogen) atoms. The summed E-state index contributed by atoms with van der Waals surface area (Å²) in [7, 11) is 0. The van der Waals surface area contributed by atoms with Crippen molar-refractivity contribution in [3.8, 4) is 5.75 Å². The SMILES string of the molecule is CCCC(=O)NCC1CCN(C(=O)COc2ccccc2)CC1. The molecule has 1 saturated heterocycles. The number of likely N-dealkylation sites (tertiary alicyclic amines) is 1. The summed E-state index contributed by atoms with van der Waals surface area (Å²) >= 11 is 0. The molecular formula is C18H26N2O3. The van der Waals surface area contributed by atoms with Gasteiger partial charge in [0.2, 0.25) is 5.91 Å². The van der Waals surface area contributed by atoms with Crippen LogP contribution >= 0.6 is 0 Å². The molecule has 0 aliphatic carbocycles. The van der Waals surface area contributed by atoms with Crippen LogP contribution in [0.15, 0.2) is 30.3 Å². The number of ether oxygens (including phenoxy) is 1. The molecule has 2 rings (SSSR count). The fraction of sp³-hybridized carbons (Fsp3) is 0.556. The predicted octanol–water partition coefficient (Wildman–Crippen LogP) is 2.22. The van der Waals surface area contributed by atoms with E-state index in [2.05, 4.69) is 5.32 Å². The lowest BCUT2D eigenvalue weighted by Gasteiger charge is -2.32. The van der Waals surface area contributed by atoms with Gasteiger partial charge in [0.05, 0.1) is 0 Å². The van der Waals surface area contributed by atoms with Crippen molar-refractivity contribution in [2.24, 2.45) is 5.92 Å². The lowest BCUT2D eigenvalue weighted by atomic mass is 9.96. The minimum absolute atomic E-state index is 0.0299. The van der Waals surface area contributed by atoms with Gasteiger partial charge in [-0.2, -0.15) is 0 Å². The summed E-state index contributed by atoms with van der Waals surface area (Å²) in [5.74, 6) is 1.34. The lowest BCUT2D eigenvalue weighted by molar-refractivity contribution is -0.135. The largest absolute Gasteiger partial charge is 0.484 e. The summed E-state index contributed by atoms with van der Waals surface area (Å²) < 4.78 is 5.51. The van der Waals surface area contributed by atoms with Gasteiger partial charge < -0.3 is 15.0 Å². The number of amides is 2. The monoisotopic (exact) mass is 318 g/mol. The molecular weight excluding hydrogens is 292 g/mol. The first-order valence-electron chi connectivity index (χ1n) is 8.41. The van der Waals surface area contributed by atoms with E-state index in [1.165, 1.54) is 0 Å². The second-order valence-corrected chi connectivity index (χ2v) is 5.98. The molecule has 0 saturated carbocycles. The lowest BCUT2D eigenvalue weighted by Crippen LogP contribution is -2.43. The molecule has 1 N–H and O–H groups in total. The van der Waals surface area contributed by atoms with Gasteiger partial charge in [0.1, 0.15) is 5.75 Å². The summed E-state index contributed by atoms with van der Waals surface area (Å²) in [6.07, 6.45) is 3.33. The van der Waals surface area contributed by atoms with Gasteiger partial charge in [0.15, 0.2) is 6.61 Å². The Bertz CT molecular complexity index is 496. The molecule has 1 aromatic rings. The number of carbonyl (C=O) groups is 2. The number of para-hydroxylation sites is 1. The van der Waals surface area contributed by atoms with Crippen LogP contribution in [0, 0.1) is 5.92 Å². The van der Waals surface area contributed by atoms with Crippen LogP contribution in [0.4, 0.5) is 0 Å². The van der Waals surface area contributed by atoms with Crippen LogP contribution in [0.2, 0.25) is 0 Å². The Labute approximate surface area is 138 Å². The Balaban J connectivity index is 1.65. The van der Waals surface area contributed by atoms with Crippen molar-refractivity contribution in [3.05, 3.63) is 30.3 Å². The zero-order valence-corrected chi connectivity index (χ0v) is 13.8. The molecule has 0 radical (unpaired) electrons. The number of nitrogens with zero attached hydrogens (tertiary/aromatic N) is 1. The molecule has 1 aliphatic rings. The fourth-order valence-corrected chi connectivity index (χ4v) is 2.71. The van der Waals surface area contributed by atoms with Crippen molar-refractivity contribution in [1.82, 2.24) is 10.2 Å². The van der Waals surface area contributed by atoms with E-state index < -0.39 is 0 Å². The van der Waals surface area contributed by atoms with Gasteiger partial charge in [0.25, 0.3) is 5.91 Å². The molecule has 0 spiro atoms. The average Bonchev–Trinajstić information content (AvgIpc) is 2.59. The number of piperidine rings is 1. The quantitative estimate of drug-likeness (QED) is 0.838. The third-order valence-electron chi connectivity index (χ3n) is 4.14. The number of hydrogen-bond donors (Lipinski definition) is 1. The average molecular weight is 318 g/mol. The molecule has 0 unspecified atom stereocenters. The predicted molar refractivity (Wildman–Crippen MR) is 89.2 cm³/mol. The summed E-state index contributed by atoms with van der Waals surface area (Å²) in [4.78, 5) is 25.5. The molecule has 2 amide bonds. The van der Waals surface area contributed by atoms with Crippen LogP contribution in [0.5, 0.6) is 5.75 Å². The Kier molecular flexibility index (Phi) is 6.91. The third-order valence-corrected chi connectivity index (χ3v) is 4.14. The van der Waals surface area contributed by atoms with Gasteiger partial charge in [-0.25, -0.2) is 0 Å². The number of carbonyl (C=O) groups excluding carboxylic acids is 2. The van der Waals surface area contributed by atoms with Gasteiger partial charge in [-0.15, -0.1) is 0 Å². The molecule has 1 aliphatic heterocycles. The van der Waals surface area contributed by atoms with Gasteiger partial charge in [-0.3, -0.25) is 9.59 Å². The van der Waals surface area contributed by atoms with E-state index >= 15 is 0 Å². The number of nitrogens with one attached hydrogen (secondary N) is 1. The number of hydrogen-bond acceptors (Lipinski definition) is 3. The zero-order chi connectivity index (χ0) is 16.5. The molecule has 0 aromatic heterocycles. The van der Waals surface area contributed by atoms with Crippen LogP contribution in [0.1, 0.15) is 32.6 Å². The van der Waals surface area contributed by atoms with Crippen molar-refractivity contribution in [1.29, 1.82) is 0 Å². The van der Waals surface area contributed by atoms with Gasteiger partial charge >= 0.3 is 0 Å². The highest BCUT2D eigenvalue weighted by molar-refractivity contribution is 5.78. The van der Waals surface area contributed by atoms with Crippen LogP contribution in [0.25, 0.3) is 0 Å². The first-order valence-corrected chi connectivity index (χ1v) is 8.41. The van der Waals surface area contributed by atoms with E-state index in [0.717, 1.165) is 44.6 Å². The van der Waals surface area contributed by atoms with Gasteiger partial charge in [0, 0.05) is 26.1 Å². The maximum atomic E-state index is 12.2. The smallest absolute Gasteiger partial charge is 0.260 e. The van der Waals surface area contributed by atoms with Crippen LogP contribution < -0.4 is 10.1 Å². The highest BCUT2D eigenvalue weighted by Gasteiger charge is 2.23. The van der Waals surface area contributed by atoms with Crippen molar-refractivity contribution in [2.45, 2.75) is 32.6 Å². The molecule has 126 valence electrons. The van der Waals surface area contributed by atoms with E-state index in [-0.39, 0.29) is 18.4 Å². The fourth-order valence-electron chi connectivity index (χ4n) is 2.71. The third kappa shape index (κ3) is 5.93. The highest BCUT2D eigenvalue weighted by atomic mass is 16.5. The Morgan fingerprint density at radius 2 is 1.91 bits per heavy atom. The van der Waals surface area contributed by atoms with Crippen molar-refractivity contribution in [3.63, 3.8) is 0 Å². The summed E-state index contributed by atoms with van der Waals surface area (Å²) in [6.45, 7) is 4.29. The minimum Gasteiger partial charge on any atom is -0.484 e. The van der Waals surface area contributed by atoms with Crippen LogP contribution in [0.3, 0.4) is 0 Å². The number of benzene rings is 1. The molecule has 1 heterocycles. The van der Waals surface area contributed by atoms with E-state index in [0.29, 0.717) is 12.3 Å². The van der Waals surface area contributed by atoms with Crippen LogP contribution in [-0.4, -0.2) is 43.0 Å². The maximum absolute atomic E-state index is 12.2. The standard InChI is InChI=1S/C18H26N2O3/c1-2-6-17(21)19-13-15-9-11-20(12-10-15)18(22)14-23-16-7-4-3-5-8-16/h3-5,7-8,15H,2,6,9-14H2,1H3,(H,19,21). The first kappa shape index (κ1) is 17.3.